The highest BCUT2D eigenvalue weighted by Gasteiger charge is 2.25. The molecule has 1 fully saturated rings. The Morgan fingerprint density at radius 3 is 2.32 bits per heavy atom. The van der Waals surface area contributed by atoms with E-state index in [9.17, 15) is 14.0 Å². The van der Waals surface area contributed by atoms with E-state index in [1.165, 1.54) is 18.2 Å². The predicted octanol–water partition coefficient (Wildman–Crippen LogP) is 3.73. The van der Waals surface area contributed by atoms with Gasteiger partial charge in [-0.2, -0.15) is 0 Å². The van der Waals surface area contributed by atoms with Gasteiger partial charge in [0.2, 0.25) is 5.91 Å². The van der Waals surface area contributed by atoms with Gasteiger partial charge in [-0.15, -0.1) is 0 Å². The second kappa shape index (κ2) is 10.9. The van der Waals surface area contributed by atoms with Crippen molar-refractivity contribution in [3.63, 3.8) is 0 Å². The Balaban J connectivity index is 1.55. The van der Waals surface area contributed by atoms with Gasteiger partial charge in [0.15, 0.2) is 0 Å². The lowest BCUT2D eigenvalue weighted by molar-refractivity contribution is -0.118. The van der Waals surface area contributed by atoms with Gasteiger partial charge in [0, 0.05) is 25.6 Å². The standard InChI is InChI=1S/C27H29FN4O2/c28-22-11-5-4-10-21(22)26(33)31-24(18-19-8-2-1-3-9-19)27(34)30-23-12-6-7-13-25(23)32-16-14-20(29)15-17-32/h1-13,20,24H,14-18,29H2,(H,30,34)(H,31,33). The molecule has 1 atom stereocenters. The maximum absolute atomic E-state index is 14.2. The SMILES string of the molecule is NC1CCN(c2ccccc2NC(=O)C(Cc2ccccc2)NC(=O)c2ccccc2F)CC1. The van der Waals surface area contributed by atoms with Gasteiger partial charge < -0.3 is 21.3 Å². The molecule has 0 aliphatic carbocycles. The van der Waals surface area contributed by atoms with Gasteiger partial charge in [-0.3, -0.25) is 9.59 Å². The highest BCUT2D eigenvalue weighted by molar-refractivity contribution is 6.02. The topological polar surface area (TPSA) is 87.5 Å². The van der Waals surface area contributed by atoms with Gasteiger partial charge in [-0.1, -0.05) is 54.6 Å². The van der Waals surface area contributed by atoms with Gasteiger partial charge in [0.25, 0.3) is 5.91 Å². The Morgan fingerprint density at radius 1 is 0.941 bits per heavy atom. The van der Waals surface area contributed by atoms with Crippen molar-refractivity contribution in [1.29, 1.82) is 0 Å². The second-order valence-corrected chi connectivity index (χ2v) is 8.53. The molecule has 6 nitrogen and oxygen atoms in total. The number of para-hydroxylation sites is 2. The highest BCUT2D eigenvalue weighted by Crippen LogP contribution is 2.28. The maximum atomic E-state index is 14.2. The van der Waals surface area contributed by atoms with Crippen LogP contribution in [0.2, 0.25) is 0 Å². The van der Waals surface area contributed by atoms with Crippen molar-refractivity contribution in [2.24, 2.45) is 5.73 Å². The number of piperidine rings is 1. The minimum absolute atomic E-state index is 0.0987. The van der Waals surface area contributed by atoms with E-state index < -0.39 is 17.8 Å². The fourth-order valence-corrected chi connectivity index (χ4v) is 4.16. The Bertz CT molecular complexity index is 1130. The average molecular weight is 461 g/mol. The molecule has 1 saturated heterocycles. The predicted molar refractivity (Wildman–Crippen MR) is 132 cm³/mol. The van der Waals surface area contributed by atoms with Crippen molar-refractivity contribution in [2.45, 2.75) is 31.3 Å². The summed E-state index contributed by atoms with van der Waals surface area (Å²) >= 11 is 0. The summed E-state index contributed by atoms with van der Waals surface area (Å²) in [5.74, 6) is -1.63. The number of nitrogens with two attached hydrogens (primary N) is 1. The van der Waals surface area contributed by atoms with E-state index in [1.807, 2.05) is 54.6 Å². The molecule has 1 unspecified atom stereocenters. The number of hydrogen-bond donors (Lipinski definition) is 3. The van der Waals surface area contributed by atoms with Crippen molar-refractivity contribution in [2.75, 3.05) is 23.3 Å². The lowest BCUT2D eigenvalue weighted by Crippen LogP contribution is -2.46. The summed E-state index contributed by atoms with van der Waals surface area (Å²) in [5, 5.41) is 5.72. The number of hydrogen-bond acceptors (Lipinski definition) is 4. The lowest BCUT2D eigenvalue weighted by Gasteiger charge is -2.33. The van der Waals surface area contributed by atoms with E-state index in [2.05, 4.69) is 15.5 Å². The largest absolute Gasteiger partial charge is 0.370 e. The van der Waals surface area contributed by atoms with Crippen LogP contribution in [0.25, 0.3) is 0 Å². The summed E-state index contributed by atoms with van der Waals surface area (Å²) in [4.78, 5) is 28.4. The molecule has 3 aromatic carbocycles. The Labute approximate surface area is 199 Å². The number of carbonyl (C=O) groups is 2. The minimum atomic E-state index is -0.891. The van der Waals surface area contributed by atoms with Gasteiger partial charge in [-0.05, 0) is 42.7 Å². The van der Waals surface area contributed by atoms with Crippen LogP contribution < -0.4 is 21.3 Å². The number of anilines is 2. The van der Waals surface area contributed by atoms with Gasteiger partial charge in [0.1, 0.15) is 11.9 Å². The van der Waals surface area contributed by atoms with E-state index in [0.29, 0.717) is 5.69 Å². The quantitative estimate of drug-likeness (QED) is 0.501. The molecule has 34 heavy (non-hydrogen) atoms. The summed E-state index contributed by atoms with van der Waals surface area (Å²) in [6.07, 6.45) is 2.04. The Kier molecular flexibility index (Phi) is 7.54. The zero-order chi connectivity index (χ0) is 23.9. The molecule has 7 heteroatoms. The van der Waals surface area contributed by atoms with Crippen LogP contribution in [0.3, 0.4) is 0 Å². The summed E-state index contributed by atoms with van der Waals surface area (Å²) in [5.41, 5.74) is 8.42. The third-order valence-electron chi connectivity index (χ3n) is 6.07. The van der Waals surface area contributed by atoms with E-state index in [1.54, 1.807) is 6.07 Å². The molecule has 176 valence electrons. The molecule has 2 amide bonds. The van der Waals surface area contributed by atoms with E-state index >= 15 is 0 Å². The van der Waals surface area contributed by atoms with Gasteiger partial charge in [0.05, 0.1) is 16.9 Å². The molecule has 0 radical (unpaired) electrons. The molecule has 1 aliphatic rings. The summed E-state index contributed by atoms with van der Waals surface area (Å²) in [6, 6.07) is 22.1. The third kappa shape index (κ3) is 5.80. The van der Waals surface area contributed by atoms with Crippen molar-refractivity contribution in [3.8, 4) is 0 Å². The molecule has 0 spiro atoms. The minimum Gasteiger partial charge on any atom is -0.370 e. The monoisotopic (exact) mass is 460 g/mol. The van der Waals surface area contributed by atoms with Crippen LogP contribution in [0, 0.1) is 5.82 Å². The fraction of sp³-hybridized carbons (Fsp3) is 0.259. The average Bonchev–Trinajstić information content (AvgIpc) is 2.85. The normalized spacial score (nSPS) is 14.9. The van der Waals surface area contributed by atoms with Crippen molar-refractivity contribution in [1.82, 2.24) is 5.32 Å². The molecule has 0 aromatic heterocycles. The molecule has 1 heterocycles. The van der Waals surface area contributed by atoms with Crippen molar-refractivity contribution in [3.05, 3.63) is 95.8 Å². The number of amides is 2. The van der Waals surface area contributed by atoms with Crippen LogP contribution in [0.15, 0.2) is 78.9 Å². The van der Waals surface area contributed by atoms with Crippen LogP contribution in [0.1, 0.15) is 28.8 Å². The molecule has 0 saturated carbocycles. The number of carbonyl (C=O) groups excluding carboxylic acids is 2. The number of nitrogens with one attached hydrogen (secondary N) is 2. The van der Waals surface area contributed by atoms with E-state index in [0.717, 1.165) is 37.2 Å². The van der Waals surface area contributed by atoms with E-state index in [4.69, 9.17) is 5.73 Å². The first-order valence-corrected chi connectivity index (χ1v) is 11.5. The first-order valence-electron chi connectivity index (χ1n) is 11.5. The van der Waals surface area contributed by atoms with Crippen LogP contribution in [0.5, 0.6) is 0 Å². The van der Waals surface area contributed by atoms with Gasteiger partial charge in [-0.25, -0.2) is 4.39 Å². The number of rotatable bonds is 7. The Morgan fingerprint density at radius 2 is 1.59 bits per heavy atom. The number of nitrogens with zero attached hydrogens (tertiary/aromatic N) is 1. The van der Waals surface area contributed by atoms with Crippen LogP contribution in [0.4, 0.5) is 15.8 Å². The van der Waals surface area contributed by atoms with E-state index in [-0.39, 0.29) is 23.9 Å². The molecular weight excluding hydrogens is 431 g/mol. The molecule has 3 aromatic rings. The smallest absolute Gasteiger partial charge is 0.254 e. The Hall–Kier alpha value is -3.71. The molecular formula is C27H29FN4O2. The van der Waals surface area contributed by atoms with Crippen molar-refractivity contribution >= 4 is 23.2 Å². The maximum Gasteiger partial charge on any atom is 0.254 e. The van der Waals surface area contributed by atoms with Crippen LogP contribution >= 0.6 is 0 Å². The highest BCUT2D eigenvalue weighted by atomic mass is 19.1. The number of benzene rings is 3. The number of halogens is 1. The van der Waals surface area contributed by atoms with Gasteiger partial charge >= 0.3 is 0 Å². The third-order valence-corrected chi connectivity index (χ3v) is 6.07. The molecule has 1 aliphatic heterocycles. The molecule has 0 bridgehead atoms. The summed E-state index contributed by atoms with van der Waals surface area (Å²) in [7, 11) is 0. The first-order chi connectivity index (χ1) is 16.5. The lowest BCUT2D eigenvalue weighted by atomic mass is 10.0. The second-order valence-electron chi connectivity index (χ2n) is 8.53. The zero-order valence-electron chi connectivity index (χ0n) is 18.9. The first kappa shape index (κ1) is 23.4. The van der Waals surface area contributed by atoms with Crippen LogP contribution in [-0.2, 0) is 11.2 Å². The summed E-state index contributed by atoms with van der Waals surface area (Å²) < 4.78 is 14.2. The molecule has 4 N–H and O–H groups in total. The van der Waals surface area contributed by atoms with Crippen LogP contribution in [-0.4, -0.2) is 37.0 Å². The summed E-state index contributed by atoms with van der Waals surface area (Å²) in [6.45, 7) is 1.62. The fourth-order valence-electron chi connectivity index (χ4n) is 4.16. The van der Waals surface area contributed by atoms with Crippen molar-refractivity contribution < 1.29 is 14.0 Å². The molecule has 4 rings (SSSR count). The zero-order valence-corrected chi connectivity index (χ0v) is 18.9.